The average Bonchev–Trinajstić information content (AvgIpc) is 2.80. The van der Waals surface area contributed by atoms with Gasteiger partial charge < -0.3 is 10.2 Å². The maximum Gasteiger partial charge on any atom is 0.0501 e. The standard InChI is InChI=1S/C13H17ClN2/c1-11(14)10-15-12-4-6-13(7-5-12)16-8-2-3-9-16/h4-7,15H,1-3,8-10H2. The number of benzene rings is 1. The molecule has 1 saturated heterocycles. The van der Waals surface area contributed by atoms with Crippen LogP contribution in [0.2, 0.25) is 0 Å². The fraction of sp³-hybridized carbons (Fsp3) is 0.385. The molecule has 0 amide bonds. The highest BCUT2D eigenvalue weighted by Crippen LogP contribution is 2.22. The molecule has 3 heteroatoms. The van der Waals surface area contributed by atoms with Gasteiger partial charge in [-0.3, -0.25) is 0 Å². The van der Waals surface area contributed by atoms with Crippen LogP contribution in [0.5, 0.6) is 0 Å². The lowest BCUT2D eigenvalue weighted by Crippen LogP contribution is -2.17. The van der Waals surface area contributed by atoms with E-state index < -0.39 is 0 Å². The van der Waals surface area contributed by atoms with Crippen LogP contribution < -0.4 is 10.2 Å². The zero-order chi connectivity index (χ0) is 11.4. The molecule has 86 valence electrons. The zero-order valence-electron chi connectivity index (χ0n) is 9.38. The van der Waals surface area contributed by atoms with Crippen LogP contribution >= 0.6 is 11.6 Å². The smallest absolute Gasteiger partial charge is 0.0501 e. The van der Waals surface area contributed by atoms with Crippen molar-refractivity contribution in [1.29, 1.82) is 0 Å². The van der Waals surface area contributed by atoms with E-state index in [-0.39, 0.29) is 0 Å². The van der Waals surface area contributed by atoms with Crippen molar-refractivity contribution < 1.29 is 0 Å². The van der Waals surface area contributed by atoms with E-state index in [1.807, 2.05) is 0 Å². The topological polar surface area (TPSA) is 15.3 Å². The third kappa shape index (κ3) is 2.92. The lowest BCUT2D eigenvalue weighted by atomic mass is 10.2. The number of hydrogen-bond donors (Lipinski definition) is 1. The summed E-state index contributed by atoms with van der Waals surface area (Å²) < 4.78 is 0. The summed E-state index contributed by atoms with van der Waals surface area (Å²) in [7, 11) is 0. The fourth-order valence-electron chi connectivity index (χ4n) is 1.96. The van der Waals surface area contributed by atoms with E-state index in [9.17, 15) is 0 Å². The Morgan fingerprint density at radius 1 is 1.25 bits per heavy atom. The molecule has 2 rings (SSSR count). The first-order chi connectivity index (χ1) is 7.75. The minimum atomic E-state index is 0.616. The van der Waals surface area contributed by atoms with Gasteiger partial charge in [-0.05, 0) is 37.1 Å². The Morgan fingerprint density at radius 3 is 2.44 bits per heavy atom. The van der Waals surface area contributed by atoms with Gasteiger partial charge in [-0.25, -0.2) is 0 Å². The number of nitrogens with zero attached hydrogens (tertiary/aromatic N) is 1. The van der Waals surface area contributed by atoms with Crippen LogP contribution in [0.3, 0.4) is 0 Å². The van der Waals surface area contributed by atoms with Crippen LogP contribution in [0.15, 0.2) is 35.9 Å². The predicted molar refractivity (Wildman–Crippen MR) is 71.4 cm³/mol. The molecular formula is C13H17ClN2. The number of nitrogens with one attached hydrogen (secondary N) is 1. The Kier molecular flexibility index (Phi) is 3.73. The summed E-state index contributed by atoms with van der Waals surface area (Å²) in [5.41, 5.74) is 2.40. The van der Waals surface area contributed by atoms with Crippen LogP contribution in [-0.4, -0.2) is 19.6 Å². The summed E-state index contributed by atoms with van der Waals surface area (Å²) in [6, 6.07) is 8.50. The Morgan fingerprint density at radius 2 is 1.88 bits per heavy atom. The molecule has 1 aliphatic heterocycles. The maximum atomic E-state index is 5.70. The summed E-state index contributed by atoms with van der Waals surface area (Å²) in [5.74, 6) is 0. The minimum absolute atomic E-state index is 0.616. The van der Waals surface area contributed by atoms with Crippen molar-refractivity contribution >= 4 is 23.0 Å². The van der Waals surface area contributed by atoms with Gasteiger partial charge in [0, 0.05) is 29.5 Å². The molecule has 1 aromatic carbocycles. The van der Waals surface area contributed by atoms with E-state index in [0.29, 0.717) is 11.6 Å². The summed E-state index contributed by atoms with van der Waals surface area (Å²) in [6.07, 6.45) is 2.62. The highest BCUT2D eigenvalue weighted by molar-refractivity contribution is 6.29. The zero-order valence-corrected chi connectivity index (χ0v) is 10.1. The van der Waals surface area contributed by atoms with Crippen molar-refractivity contribution in [3.8, 4) is 0 Å². The van der Waals surface area contributed by atoms with E-state index in [4.69, 9.17) is 11.6 Å². The molecule has 0 aliphatic carbocycles. The van der Waals surface area contributed by atoms with Gasteiger partial charge in [0.25, 0.3) is 0 Å². The predicted octanol–water partition coefficient (Wildman–Crippen LogP) is 3.45. The highest BCUT2D eigenvalue weighted by atomic mass is 35.5. The van der Waals surface area contributed by atoms with Crippen molar-refractivity contribution in [2.45, 2.75) is 12.8 Å². The molecule has 16 heavy (non-hydrogen) atoms. The van der Waals surface area contributed by atoms with Gasteiger partial charge in [-0.1, -0.05) is 18.2 Å². The minimum Gasteiger partial charge on any atom is -0.380 e. The molecule has 0 unspecified atom stereocenters. The van der Waals surface area contributed by atoms with E-state index >= 15 is 0 Å². The third-order valence-electron chi connectivity index (χ3n) is 2.82. The molecule has 1 aromatic rings. The summed E-state index contributed by atoms with van der Waals surface area (Å²) in [4.78, 5) is 2.42. The van der Waals surface area contributed by atoms with Crippen LogP contribution in [0, 0.1) is 0 Å². The molecule has 2 nitrogen and oxygen atoms in total. The van der Waals surface area contributed by atoms with Crippen LogP contribution in [-0.2, 0) is 0 Å². The molecule has 1 heterocycles. The lowest BCUT2D eigenvalue weighted by Gasteiger charge is -2.17. The number of hydrogen-bond acceptors (Lipinski definition) is 2. The summed E-state index contributed by atoms with van der Waals surface area (Å²) in [6.45, 7) is 6.63. The van der Waals surface area contributed by atoms with Crippen molar-refractivity contribution in [2.75, 3.05) is 29.9 Å². The van der Waals surface area contributed by atoms with Crippen LogP contribution in [0.1, 0.15) is 12.8 Å². The Bertz CT molecular complexity index is 353. The second-order valence-electron chi connectivity index (χ2n) is 4.11. The Balaban J connectivity index is 1.95. The molecular weight excluding hydrogens is 220 g/mol. The van der Waals surface area contributed by atoms with Crippen molar-refractivity contribution in [3.05, 3.63) is 35.9 Å². The van der Waals surface area contributed by atoms with E-state index in [2.05, 4.69) is 41.1 Å². The molecule has 0 bridgehead atoms. The molecule has 1 N–H and O–H groups in total. The van der Waals surface area contributed by atoms with E-state index in [1.165, 1.54) is 31.6 Å². The first-order valence-corrected chi connectivity index (χ1v) is 6.06. The molecule has 1 aliphatic rings. The SMILES string of the molecule is C=C(Cl)CNc1ccc(N2CCCC2)cc1. The van der Waals surface area contributed by atoms with Gasteiger partial charge in [-0.15, -0.1) is 0 Å². The quantitative estimate of drug-likeness (QED) is 0.862. The second kappa shape index (κ2) is 5.26. The van der Waals surface area contributed by atoms with Crippen molar-refractivity contribution in [2.24, 2.45) is 0 Å². The second-order valence-corrected chi connectivity index (χ2v) is 4.65. The molecule has 0 radical (unpaired) electrons. The molecule has 0 atom stereocenters. The molecule has 0 saturated carbocycles. The lowest BCUT2D eigenvalue weighted by molar-refractivity contribution is 0.949. The first-order valence-electron chi connectivity index (χ1n) is 5.68. The maximum absolute atomic E-state index is 5.70. The fourth-order valence-corrected chi connectivity index (χ4v) is 2.03. The highest BCUT2D eigenvalue weighted by Gasteiger charge is 2.11. The summed E-state index contributed by atoms with van der Waals surface area (Å²) >= 11 is 5.70. The number of anilines is 2. The van der Waals surface area contributed by atoms with Crippen LogP contribution in [0.25, 0.3) is 0 Å². The molecule has 0 aromatic heterocycles. The monoisotopic (exact) mass is 236 g/mol. The van der Waals surface area contributed by atoms with Crippen molar-refractivity contribution in [3.63, 3.8) is 0 Å². The van der Waals surface area contributed by atoms with Crippen LogP contribution in [0.4, 0.5) is 11.4 Å². The van der Waals surface area contributed by atoms with Gasteiger partial charge in [-0.2, -0.15) is 0 Å². The van der Waals surface area contributed by atoms with Gasteiger partial charge in [0.05, 0.1) is 6.54 Å². The van der Waals surface area contributed by atoms with Crippen molar-refractivity contribution in [1.82, 2.24) is 0 Å². The summed E-state index contributed by atoms with van der Waals surface area (Å²) in [5, 5.41) is 3.84. The number of rotatable bonds is 4. The van der Waals surface area contributed by atoms with E-state index in [1.54, 1.807) is 0 Å². The number of halogens is 1. The Labute approximate surface area is 102 Å². The molecule has 0 spiro atoms. The van der Waals surface area contributed by atoms with Gasteiger partial charge in [0.1, 0.15) is 0 Å². The molecule has 1 fully saturated rings. The Hall–Kier alpha value is -1.15. The average molecular weight is 237 g/mol. The van der Waals surface area contributed by atoms with E-state index in [0.717, 1.165) is 5.69 Å². The van der Waals surface area contributed by atoms with Gasteiger partial charge in [0.15, 0.2) is 0 Å². The third-order valence-corrected chi connectivity index (χ3v) is 2.96. The first kappa shape index (κ1) is 11.3. The largest absolute Gasteiger partial charge is 0.380 e. The van der Waals surface area contributed by atoms with Gasteiger partial charge in [0.2, 0.25) is 0 Å². The normalized spacial score (nSPS) is 15.2. The van der Waals surface area contributed by atoms with Gasteiger partial charge >= 0.3 is 0 Å².